The van der Waals surface area contributed by atoms with Gasteiger partial charge in [0, 0.05) is 36.9 Å². The summed E-state index contributed by atoms with van der Waals surface area (Å²) in [6.45, 7) is 2.27. The Morgan fingerprint density at radius 1 is 1.18 bits per heavy atom. The van der Waals surface area contributed by atoms with Crippen LogP contribution in [0, 0.1) is 6.92 Å². The van der Waals surface area contributed by atoms with Crippen molar-refractivity contribution in [3.8, 4) is 0 Å². The molecule has 0 saturated heterocycles. The zero-order valence-electron chi connectivity index (χ0n) is 13.0. The Bertz CT molecular complexity index is 507. The van der Waals surface area contributed by atoms with Crippen LogP contribution >= 0.6 is 0 Å². The summed E-state index contributed by atoms with van der Waals surface area (Å²) < 4.78 is 0. The van der Waals surface area contributed by atoms with E-state index < -0.39 is 0 Å². The number of aromatic nitrogens is 1. The quantitative estimate of drug-likeness (QED) is 0.753. The summed E-state index contributed by atoms with van der Waals surface area (Å²) in [6, 6.07) is 3.99. The third-order valence-corrected chi connectivity index (χ3v) is 3.97. The second-order valence-corrected chi connectivity index (χ2v) is 5.82. The minimum absolute atomic E-state index is 0.0146. The van der Waals surface area contributed by atoms with Gasteiger partial charge in [0.25, 0.3) is 5.91 Å². The number of hydrogen-bond donors (Lipinski definition) is 3. The maximum Gasteiger partial charge on any atom is 0.253 e. The van der Waals surface area contributed by atoms with Gasteiger partial charge in [0.05, 0.1) is 5.56 Å². The molecule has 1 aromatic heterocycles. The topological polar surface area (TPSA) is 97.1 Å². The molecule has 4 N–H and O–H groups in total. The van der Waals surface area contributed by atoms with Crippen LogP contribution in [0.3, 0.4) is 0 Å². The Morgan fingerprint density at radius 3 is 2.36 bits per heavy atom. The van der Waals surface area contributed by atoms with E-state index in [9.17, 15) is 9.59 Å². The van der Waals surface area contributed by atoms with E-state index in [0.29, 0.717) is 18.5 Å². The lowest BCUT2D eigenvalue weighted by Gasteiger charge is -2.29. The van der Waals surface area contributed by atoms with Gasteiger partial charge < -0.3 is 16.4 Å². The number of nitrogens with one attached hydrogen (secondary N) is 2. The number of hydrogen-bond acceptors (Lipinski definition) is 4. The number of pyridine rings is 1. The molecule has 0 bridgehead atoms. The lowest BCUT2D eigenvalue weighted by Crippen LogP contribution is -2.44. The Kier molecular flexibility index (Phi) is 5.89. The summed E-state index contributed by atoms with van der Waals surface area (Å²) in [5.74, 6) is -0.0659. The first-order valence-electron chi connectivity index (χ1n) is 7.81. The molecular weight excluding hydrogens is 280 g/mol. The normalized spacial score (nSPS) is 21.2. The van der Waals surface area contributed by atoms with E-state index >= 15 is 0 Å². The lowest BCUT2D eigenvalue weighted by molar-refractivity contribution is -0.121. The number of nitrogens with zero attached hydrogens (tertiary/aromatic N) is 1. The van der Waals surface area contributed by atoms with Crippen molar-refractivity contribution in [1.82, 2.24) is 15.6 Å². The van der Waals surface area contributed by atoms with Crippen LogP contribution in [0.15, 0.2) is 18.3 Å². The van der Waals surface area contributed by atoms with Gasteiger partial charge in [-0.15, -0.1) is 0 Å². The lowest BCUT2D eigenvalue weighted by atomic mass is 9.91. The predicted octanol–water partition coefficient (Wildman–Crippen LogP) is 0.896. The van der Waals surface area contributed by atoms with Crippen molar-refractivity contribution in [3.05, 3.63) is 29.6 Å². The number of rotatable bonds is 5. The molecule has 1 heterocycles. The van der Waals surface area contributed by atoms with Crippen molar-refractivity contribution in [2.45, 2.75) is 51.1 Å². The van der Waals surface area contributed by atoms with Crippen LogP contribution in [0.1, 0.15) is 48.2 Å². The zero-order valence-corrected chi connectivity index (χ0v) is 13.0. The highest BCUT2D eigenvalue weighted by Gasteiger charge is 2.23. The van der Waals surface area contributed by atoms with Gasteiger partial charge in [-0.25, -0.2) is 0 Å². The molecule has 0 radical (unpaired) electrons. The highest BCUT2D eigenvalue weighted by atomic mass is 16.2. The molecule has 120 valence electrons. The van der Waals surface area contributed by atoms with Crippen molar-refractivity contribution in [2.75, 3.05) is 6.54 Å². The van der Waals surface area contributed by atoms with Gasteiger partial charge in [0.1, 0.15) is 0 Å². The Hall–Kier alpha value is -1.95. The molecule has 0 aliphatic heterocycles. The first kappa shape index (κ1) is 16.4. The van der Waals surface area contributed by atoms with Gasteiger partial charge in [0.15, 0.2) is 0 Å². The number of carbonyl (C=O) groups excluding carboxylic acids is 2. The van der Waals surface area contributed by atoms with Crippen LogP contribution in [0.2, 0.25) is 0 Å². The fourth-order valence-corrected chi connectivity index (χ4v) is 2.68. The molecule has 0 spiro atoms. The maximum atomic E-state index is 12.1. The van der Waals surface area contributed by atoms with E-state index in [1.165, 1.54) is 0 Å². The minimum atomic E-state index is -0.0804. The SMILES string of the molecule is Cc1ccc(C(=O)NC2CCC(NC(=O)CCN)CC2)cn1. The summed E-state index contributed by atoms with van der Waals surface area (Å²) in [5.41, 5.74) is 6.84. The molecule has 0 unspecified atom stereocenters. The zero-order chi connectivity index (χ0) is 15.9. The number of nitrogens with two attached hydrogens (primary N) is 1. The molecular formula is C16H24N4O2. The smallest absolute Gasteiger partial charge is 0.253 e. The Labute approximate surface area is 130 Å². The molecule has 22 heavy (non-hydrogen) atoms. The van der Waals surface area contributed by atoms with E-state index in [0.717, 1.165) is 31.4 Å². The second-order valence-electron chi connectivity index (χ2n) is 5.82. The summed E-state index contributed by atoms with van der Waals surface area (Å²) in [6.07, 6.45) is 5.48. The van der Waals surface area contributed by atoms with Gasteiger partial charge in [-0.3, -0.25) is 14.6 Å². The van der Waals surface area contributed by atoms with Gasteiger partial charge in [-0.2, -0.15) is 0 Å². The second kappa shape index (κ2) is 7.89. The molecule has 1 fully saturated rings. The minimum Gasteiger partial charge on any atom is -0.353 e. The molecule has 1 saturated carbocycles. The molecule has 2 amide bonds. The third-order valence-electron chi connectivity index (χ3n) is 3.97. The molecule has 1 aliphatic carbocycles. The van der Waals surface area contributed by atoms with Crippen LogP contribution in [-0.2, 0) is 4.79 Å². The molecule has 6 nitrogen and oxygen atoms in total. The monoisotopic (exact) mass is 304 g/mol. The number of amides is 2. The van der Waals surface area contributed by atoms with E-state index in [4.69, 9.17) is 5.73 Å². The van der Waals surface area contributed by atoms with E-state index in [2.05, 4.69) is 15.6 Å². The van der Waals surface area contributed by atoms with Crippen LogP contribution in [0.4, 0.5) is 0 Å². The van der Waals surface area contributed by atoms with Crippen LogP contribution in [-0.4, -0.2) is 35.4 Å². The average molecular weight is 304 g/mol. The Morgan fingerprint density at radius 2 is 1.82 bits per heavy atom. The van der Waals surface area contributed by atoms with Gasteiger partial charge in [0.2, 0.25) is 5.91 Å². The van der Waals surface area contributed by atoms with E-state index in [-0.39, 0.29) is 23.9 Å². The first-order valence-corrected chi connectivity index (χ1v) is 7.81. The third kappa shape index (κ3) is 4.80. The van der Waals surface area contributed by atoms with E-state index in [1.807, 2.05) is 13.0 Å². The summed E-state index contributed by atoms with van der Waals surface area (Å²) in [7, 11) is 0. The van der Waals surface area contributed by atoms with Crippen molar-refractivity contribution >= 4 is 11.8 Å². The molecule has 2 rings (SSSR count). The molecule has 0 aromatic carbocycles. The average Bonchev–Trinajstić information content (AvgIpc) is 2.50. The predicted molar refractivity (Wildman–Crippen MR) is 84.3 cm³/mol. The van der Waals surface area contributed by atoms with Crippen molar-refractivity contribution in [1.29, 1.82) is 0 Å². The van der Waals surface area contributed by atoms with Crippen molar-refractivity contribution in [2.24, 2.45) is 5.73 Å². The summed E-state index contributed by atoms with van der Waals surface area (Å²) in [4.78, 5) is 27.8. The van der Waals surface area contributed by atoms with Gasteiger partial charge >= 0.3 is 0 Å². The van der Waals surface area contributed by atoms with Gasteiger partial charge in [-0.1, -0.05) is 0 Å². The number of carbonyl (C=O) groups is 2. The first-order chi connectivity index (χ1) is 10.6. The summed E-state index contributed by atoms with van der Waals surface area (Å²) >= 11 is 0. The van der Waals surface area contributed by atoms with Crippen LogP contribution < -0.4 is 16.4 Å². The van der Waals surface area contributed by atoms with E-state index in [1.54, 1.807) is 12.3 Å². The molecule has 6 heteroatoms. The number of aryl methyl sites for hydroxylation is 1. The maximum absolute atomic E-state index is 12.1. The Balaban J connectivity index is 1.76. The van der Waals surface area contributed by atoms with Crippen molar-refractivity contribution < 1.29 is 9.59 Å². The fraction of sp³-hybridized carbons (Fsp3) is 0.562. The standard InChI is InChI=1S/C16H24N4O2/c1-11-2-3-12(10-18-11)16(22)20-14-6-4-13(5-7-14)19-15(21)8-9-17/h2-3,10,13-14H,4-9,17H2,1H3,(H,19,21)(H,20,22). The van der Waals surface area contributed by atoms with Crippen LogP contribution in [0.25, 0.3) is 0 Å². The van der Waals surface area contributed by atoms with Gasteiger partial charge in [-0.05, 0) is 44.7 Å². The molecule has 1 aliphatic rings. The largest absolute Gasteiger partial charge is 0.353 e. The fourth-order valence-electron chi connectivity index (χ4n) is 2.68. The molecule has 0 atom stereocenters. The van der Waals surface area contributed by atoms with Crippen LogP contribution in [0.5, 0.6) is 0 Å². The highest BCUT2D eigenvalue weighted by molar-refractivity contribution is 5.94. The highest BCUT2D eigenvalue weighted by Crippen LogP contribution is 2.19. The summed E-state index contributed by atoms with van der Waals surface area (Å²) in [5, 5.41) is 6.03. The van der Waals surface area contributed by atoms with Crippen molar-refractivity contribution in [3.63, 3.8) is 0 Å². The molecule has 1 aromatic rings.